The van der Waals surface area contributed by atoms with E-state index in [2.05, 4.69) is 48.6 Å². The molecule has 0 heterocycles. The van der Waals surface area contributed by atoms with Gasteiger partial charge in [0.15, 0.2) is 0 Å². The van der Waals surface area contributed by atoms with Crippen LogP contribution in [0.1, 0.15) is 24.1 Å². The summed E-state index contributed by atoms with van der Waals surface area (Å²) in [7, 11) is 1.97. The van der Waals surface area contributed by atoms with E-state index in [9.17, 15) is 0 Å². The third-order valence-electron chi connectivity index (χ3n) is 3.29. The van der Waals surface area contributed by atoms with Crippen LogP contribution in [-0.2, 0) is 11.3 Å². The highest BCUT2D eigenvalue weighted by molar-refractivity contribution is 5.20. The summed E-state index contributed by atoms with van der Waals surface area (Å²) in [5.41, 5.74) is 2.46. The molecule has 2 unspecified atom stereocenters. The van der Waals surface area contributed by atoms with Crippen LogP contribution in [0.3, 0.4) is 0 Å². The van der Waals surface area contributed by atoms with Crippen LogP contribution in [0.2, 0.25) is 0 Å². The molecular weight excluding hydrogens is 234 g/mol. The zero-order valence-electron chi connectivity index (χ0n) is 11.5. The minimum atomic E-state index is 0.118. The van der Waals surface area contributed by atoms with Crippen molar-refractivity contribution in [1.29, 1.82) is 0 Å². The van der Waals surface area contributed by atoms with E-state index in [4.69, 9.17) is 4.74 Å². The molecule has 2 aromatic rings. The highest BCUT2D eigenvalue weighted by atomic mass is 16.5. The molecule has 0 radical (unpaired) electrons. The fourth-order valence-electron chi connectivity index (χ4n) is 2.23. The van der Waals surface area contributed by atoms with Gasteiger partial charge in [-0.05, 0) is 25.1 Å². The molecule has 1 N–H and O–H groups in total. The van der Waals surface area contributed by atoms with Crippen LogP contribution in [0.25, 0.3) is 0 Å². The van der Waals surface area contributed by atoms with Crippen LogP contribution in [0, 0.1) is 0 Å². The Morgan fingerprint density at radius 3 is 2.11 bits per heavy atom. The topological polar surface area (TPSA) is 21.3 Å². The van der Waals surface area contributed by atoms with Crippen LogP contribution < -0.4 is 5.32 Å². The Bertz CT molecular complexity index is 469. The minimum Gasteiger partial charge on any atom is -0.372 e. The summed E-state index contributed by atoms with van der Waals surface area (Å²) in [4.78, 5) is 0. The van der Waals surface area contributed by atoms with Crippen molar-refractivity contribution in [2.45, 2.75) is 25.7 Å². The molecule has 0 aromatic heterocycles. The molecule has 0 fully saturated rings. The van der Waals surface area contributed by atoms with Gasteiger partial charge in [0.2, 0.25) is 0 Å². The molecule has 2 heteroatoms. The van der Waals surface area contributed by atoms with Gasteiger partial charge >= 0.3 is 0 Å². The summed E-state index contributed by atoms with van der Waals surface area (Å²) in [6, 6.07) is 20.9. The van der Waals surface area contributed by atoms with Crippen molar-refractivity contribution in [1.82, 2.24) is 5.32 Å². The predicted octanol–water partition coefficient (Wildman–Crippen LogP) is 3.55. The van der Waals surface area contributed by atoms with Gasteiger partial charge in [-0.15, -0.1) is 0 Å². The number of nitrogens with one attached hydrogen (secondary N) is 1. The van der Waals surface area contributed by atoms with Gasteiger partial charge in [-0.25, -0.2) is 0 Å². The molecule has 2 atom stereocenters. The monoisotopic (exact) mass is 255 g/mol. The third kappa shape index (κ3) is 3.91. The first-order valence-corrected chi connectivity index (χ1v) is 6.69. The number of ether oxygens (including phenoxy) is 1. The summed E-state index contributed by atoms with van der Waals surface area (Å²) in [6.07, 6.45) is 0.118. The normalized spacial score (nSPS) is 14.0. The van der Waals surface area contributed by atoms with Crippen LogP contribution >= 0.6 is 0 Å². The van der Waals surface area contributed by atoms with Crippen molar-refractivity contribution < 1.29 is 4.74 Å². The Kier molecular flexibility index (Phi) is 5.13. The summed E-state index contributed by atoms with van der Waals surface area (Å²) in [6.45, 7) is 2.75. The van der Waals surface area contributed by atoms with E-state index in [1.54, 1.807) is 0 Å². The summed E-state index contributed by atoms with van der Waals surface area (Å²) in [5.74, 6) is 0. The first-order valence-electron chi connectivity index (χ1n) is 6.69. The second-order valence-electron chi connectivity index (χ2n) is 4.68. The van der Waals surface area contributed by atoms with Crippen LogP contribution in [0.15, 0.2) is 60.7 Å². The average molecular weight is 255 g/mol. The lowest BCUT2D eigenvalue weighted by molar-refractivity contribution is 0.0283. The van der Waals surface area contributed by atoms with Crippen molar-refractivity contribution in [2.75, 3.05) is 7.05 Å². The summed E-state index contributed by atoms with van der Waals surface area (Å²) < 4.78 is 5.97. The molecule has 0 spiro atoms. The maximum Gasteiger partial charge on any atom is 0.0746 e. The molecule has 0 bridgehead atoms. The Morgan fingerprint density at radius 2 is 1.53 bits per heavy atom. The van der Waals surface area contributed by atoms with Gasteiger partial charge in [0.25, 0.3) is 0 Å². The second-order valence-corrected chi connectivity index (χ2v) is 4.68. The molecule has 0 aliphatic rings. The van der Waals surface area contributed by atoms with Gasteiger partial charge in [0, 0.05) is 0 Å². The van der Waals surface area contributed by atoms with E-state index in [1.165, 1.54) is 11.1 Å². The number of rotatable bonds is 6. The minimum absolute atomic E-state index is 0.118. The molecule has 0 saturated heterocycles. The molecule has 2 nitrogen and oxygen atoms in total. The van der Waals surface area contributed by atoms with Gasteiger partial charge in [-0.2, -0.15) is 0 Å². The molecule has 0 aliphatic carbocycles. The molecule has 19 heavy (non-hydrogen) atoms. The van der Waals surface area contributed by atoms with Gasteiger partial charge < -0.3 is 10.1 Å². The van der Waals surface area contributed by atoms with E-state index in [0.29, 0.717) is 6.61 Å². The largest absolute Gasteiger partial charge is 0.372 e. The van der Waals surface area contributed by atoms with E-state index in [1.807, 2.05) is 31.3 Å². The van der Waals surface area contributed by atoms with Crippen molar-refractivity contribution >= 4 is 0 Å². The molecule has 2 rings (SSSR count). The van der Waals surface area contributed by atoms with Crippen molar-refractivity contribution in [3.8, 4) is 0 Å². The van der Waals surface area contributed by atoms with Gasteiger partial charge in [-0.1, -0.05) is 60.7 Å². The average Bonchev–Trinajstić information content (AvgIpc) is 2.48. The lowest BCUT2D eigenvalue weighted by atomic mass is 10.0. The van der Waals surface area contributed by atoms with Crippen LogP contribution in [0.4, 0.5) is 0 Å². The summed E-state index contributed by atoms with van der Waals surface area (Å²) in [5, 5.41) is 3.33. The number of likely N-dealkylation sites (N-methyl/N-ethyl adjacent to an activating group) is 1. The van der Waals surface area contributed by atoms with E-state index in [0.717, 1.165) is 0 Å². The molecule has 0 aliphatic heterocycles. The standard InChI is InChI=1S/C17H21NO/c1-14(19-13-15-9-5-3-6-10-15)17(18-2)16-11-7-4-8-12-16/h3-12,14,17-18H,13H2,1-2H3. The molecular formula is C17H21NO. The lowest BCUT2D eigenvalue weighted by Gasteiger charge is -2.24. The Balaban J connectivity index is 1.96. The Hall–Kier alpha value is -1.64. The van der Waals surface area contributed by atoms with E-state index in [-0.39, 0.29) is 12.1 Å². The highest BCUT2D eigenvalue weighted by Gasteiger charge is 2.17. The highest BCUT2D eigenvalue weighted by Crippen LogP contribution is 2.19. The quantitative estimate of drug-likeness (QED) is 0.852. The smallest absolute Gasteiger partial charge is 0.0746 e. The lowest BCUT2D eigenvalue weighted by Crippen LogP contribution is -2.29. The molecule has 0 amide bonds. The Labute approximate surface area is 115 Å². The fraction of sp³-hybridized carbons (Fsp3) is 0.294. The van der Waals surface area contributed by atoms with E-state index < -0.39 is 0 Å². The maximum atomic E-state index is 5.97. The second kappa shape index (κ2) is 7.07. The Morgan fingerprint density at radius 1 is 0.947 bits per heavy atom. The zero-order chi connectivity index (χ0) is 13.5. The zero-order valence-corrected chi connectivity index (χ0v) is 11.5. The molecule has 0 saturated carbocycles. The fourth-order valence-corrected chi connectivity index (χ4v) is 2.23. The van der Waals surface area contributed by atoms with Gasteiger partial charge in [-0.3, -0.25) is 0 Å². The SMILES string of the molecule is CNC(c1ccccc1)C(C)OCc1ccccc1. The van der Waals surface area contributed by atoms with Gasteiger partial charge in [0.1, 0.15) is 0 Å². The third-order valence-corrected chi connectivity index (χ3v) is 3.29. The molecule has 100 valence electrons. The van der Waals surface area contributed by atoms with Gasteiger partial charge in [0.05, 0.1) is 18.8 Å². The first-order chi connectivity index (χ1) is 9.31. The van der Waals surface area contributed by atoms with Crippen LogP contribution in [-0.4, -0.2) is 13.2 Å². The first kappa shape index (κ1) is 13.8. The number of benzene rings is 2. The van der Waals surface area contributed by atoms with Crippen molar-refractivity contribution in [3.05, 3.63) is 71.8 Å². The van der Waals surface area contributed by atoms with Crippen molar-refractivity contribution in [2.24, 2.45) is 0 Å². The molecule has 2 aromatic carbocycles. The van der Waals surface area contributed by atoms with E-state index >= 15 is 0 Å². The van der Waals surface area contributed by atoms with Crippen LogP contribution in [0.5, 0.6) is 0 Å². The maximum absolute atomic E-state index is 5.97. The number of hydrogen-bond donors (Lipinski definition) is 1. The number of hydrogen-bond acceptors (Lipinski definition) is 2. The summed E-state index contributed by atoms with van der Waals surface area (Å²) >= 11 is 0. The van der Waals surface area contributed by atoms with Crippen molar-refractivity contribution in [3.63, 3.8) is 0 Å². The predicted molar refractivity (Wildman–Crippen MR) is 78.9 cm³/mol.